The molecule has 0 radical (unpaired) electrons. The zero-order valence-electron chi connectivity index (χ0n) is 13.1. The molecule has 0 saturated heterocycles. The van der Waals surface area contributed by atoms with Crippen molar-refractivity contribution in [3.05, 3.63) is 69.5 Å². The highest BCUT2D eigenvalue weighted by atomic mass is 35.5. The lowest BCUT2D eigenvalue weighted by Gasteiger charge is -2.09. The monoisotopic (exact) mass is 393 g/mol. The quantitative estimate of drug-likeness (QED) is 0.625. The van der Waals surface area contributed by atoms with E-state index >= 15 is 0 Å². The lowest BCUT2D eigenvalue weighted by Crippen LogP contribution is -2.06. The first-order valence-corrected chi connectivity index (χ1v) is 9.02. The molecule has 128 valence electrons. The standard InChI is InChI=1S/C17H13Cl2N3O2S/c1-10-2-5-12(6-3-10)25-9-15-16(17(23)24)20-21-22(15)14-8-11(18)4-7-13(14)19/h2-8H,9H2,1H3,(H,23,24). The van der Waals surface area contributed by atoms with Gasteiger partial charge in [0, 0.05) is 15.7 Å². The Bertz CT molecular complexity index is 926. The second kappa shape index (κ2) is 7.47. The molecule has 2 aromatic carbocycles. The number of rotatable bonds is 5. The second-order valence-electron chi connectivity index (χ2n) is 5.30. The molecule has 1 heterocycles. The van der Waals surface area contributed by atoms with Crippen molar-refractivity contribution in [2.75, 3.05) is 0 Å². The van der Waals surface area contributed by atoms with Gasteiger partial charge in [-0.1, -0.05) is 46.1 Å². The smallest absolute Gasteiger partial charge is 0.358 e. The Balaban J connectivity index is 1.98. The van der Waals surface area contributed by atoms with Crippen LogP contribution in [0.1, 0.15) is 21.7 Å². The molecule has 5 nitrogen and oxygen atoms in total. The van der Waals surface area contributed by atoms with Crippen molar-refractivity contribution >= 4 is 40.9 Å². The summed E-state index contributed by atoms with van der Waals surface area (Å²) in [5.74, 6) is -0.760. The predicted octanol–water partition coefficient (Wildman–Crippen LogP) is 4.87. The lowest BCUT2D eigenvalue weighted by molar-refractivity contribution is 0.0689. The summed E-state index contributed by atoms with van der Waals surface area (Å²) in [5.41, 5.74) is 2.00. The molecule has 0 saturated carbocycles. The number of thioether (sulfide) groups is 1. The van der Waals surface area contributed by atoms with Gasteiger partial charge in [-0.15, -0.1) is 16.9 Å². The largest absolute Gasteiger partial charge is 0.476 e. The van der Waals surface area contributed by atoms with E-state index in [0.29, 0.717) is 27.2 Å². The zero-order chi connectivity index (χ0) is 18.0. The van der Waals surface area contributed by atoms with E-state index in [-0.39, 0.29) is 5.69 Å². The van der Waals surface area contributed by atoms with Crippen molar-refractivity contribution in [1.82, 2.24) is 15.0 Å². The van der Waals surface area contributed by atoms with E-state index in [2.05, 4.69) is 10.3 Å². The molecular formula is C17H13Cl2N3O2S. The summed E-state index contributed by atoms with van der Waals surface area (Å²) < 4.78 is 1.43. The molecule has 0 unspecified atom stereocenters. The number of hydrogen-bond donors (Lipinski definition) is 1. The molecule has 3 aromatic rings. The van der Waals surface area contributed by atoms with Crippen LogP contribution in [0.25, 0.3) is 5.69 Å². The van der Waals surface area contributed by atoms with Crippen LogP contribution >= 0.6 is 35.0 Å². The number of hydrogen-bond acceptors (Lipinski definition) is 4. The van der Waals surface area contributed by atoms with E-state index in [1.54, 1.807) is 18.2 Å². The first-order chi connectivity index (χ1) is 12.0. The maximum absolute atomic E-state index is 11.5. The third-order valence-electron chi connectivity index (χ3n) is 3.50. The van der Waals surface area contributed by atoms with Crippen LogP contribution in [0.3, 0.4) is 0 Å². The Morgan fingerprint density at radius 3 is 2.60 bits per heavy atom. The van der Waals surface area contributed by atoms with Gasteiger partial charge in [0.2, 0.25) is 0 Å². The minimum Gasteiger partial charge on any atom is -0.476 e. The molecule has 1 aromatic heterocycles. The fourth-order valence-electron chi connectivity index (χ4n) is 2.23. The molecule has 0 spiro atoms. The maximum atomic E-state index is 11.5. The molecule has 8 heteroatoms. The van der Waals surface area contributed by atoms with Gasteiger partial charge in [0.25, 0.3) is 0 Å². The van der Waals surface area contributed by atoms with E-state index in [0.717, 1.165) is 10.5 Å². The molecule has 0 aliphatic carbocycles. The third kappa shape index (κ3) is 3.98. The van der Waals surface area contributed by atoms with Crippen molar-refractivity contribution < 1.29 is 9.90 Å². The van der Waals surface area contributed by atoms with Gasteiger partial charge in [-0.05, 0) is 37.3 Å². The molecular weight excluding hydrogens is 381 g/mol. The summed E-state index contributed by atoms with van der Waals surface area (Å²) in [6.07, 6.45) is 0. The van der Waals surface area contributed by atoms with Crippen LogP contribution in [0.5, 0.6) is 0 Å². The summed E-state index contributed by atoms with van der Waals surface area (Å²) >= 11 is 13.8. The van der Waals surface area contributed by atoms with Crippen molar-refractivity contribution in [3.8, 4) is 5.69 Å². The second-order valence-corrected chi connectivity index (χ2v) is 7.19. The number of halogens is 2. The first-order valence-electron chi connectivity index (χ1n) is 7.28. The zero-order valence-corrected chi connectivity index (χ0v) is 15.4. The van der Waals surface area contributed by atoms with Gasteiger partial charge in [0.05, 0.1) is 16.4 Å². The van der Waals surface area contributed by atoms with E-state index < -0.39 is 5.97 Å². The summed E-state index contributed by atoms with van der Waals surface area (Å²) in [7, 11) is 0. The molecule has 0 amide bonds. The molecule has 0 fully saturated rings. The van der Waals surface area contributed by atoms with Crippen LogP contribution < -0.4 is 0 Å². The van der Waals surface area contributed by atoms with Crippen LogP contribution in [0.15, 0.2) is 47.4 Å². The number of aromatic nitrogens is 3. The van der Waals surface area contributed by atoms with Gasteiger partial charge in [-0.2, -0.15) is 0 Å². The molecule has 1 N–H and O–H groups in total. The number of aryl methyl sites for hydroxylation is 1. The molecule has 0 bridgehead atoms. The SMILES string of the molecule is Cc1ccc(SCc2c(C(=O)O)nnn2-c2cc(Cl)ccc2Cl)cc1. The highest BCUT2D eigenvalue weighted by Gasteiger charge is 2.21. The highest BCUT2D eigenvalue weighted by molar-refractivity contribution is 7.98. The van der Waals surface area contributed by atoms with Crippen molar-refractivity contribution in [3.63, 3.8) is 0 Å². The van der Waals surface area contributed by atoms with E-state index in [1.807, 2.05) is 31.2 Å². The number of carbonyl (C=O) groups is 1. The molecule has 3 rings (SSSR count). The van der Waals surface area contributed by atoms with Crippen LogP contribution in [0.2, 0.25) is 10.0 Å². The molecule has 25 heavy (non-hydrogen) atoms. The fraction of sp³-hybridized carbons (Fsp3) is 0.118. The van der Waals surface area contributed by atoms with Crippen LogP contribution in [0.4, 0.5) is 0 Å². The minimum atomic E-state index is -1.14. The number of aromatic carboxylic acids is 1. The fourth-order valence-corrected chi connectivity index (χ4v) is 3.48. The van der Waals surface area contributed by atoms with Gasteiger partial charge < -0.3 is 5.11 Å². The average molecular weight is 394 g/mol. The number of carboxylic acids is 1. The number of nitrogens with zero attached hydrogens (tertiary/aromatic N) is 3. The maximum Gasteiger partial charge on any atom is 0.358 e. The van der Waals surface area contributed by atoms with E-state index in [9.17, 15) is 9.90 Å². The minimum absolute atomic E-state index is 0.101. The first kappa shape index (κ1) is 17.8. The summed E-state index contributed by atoms with van der Waals surface area (Å²) in [5, 5.41) is 18.0. The molecule has 0 aliphatic heterocycles. The van der Waals surface area contributed by atoms with Crippen molar-refractivity contribution in [2.45, 2.75) is 17.6 Å². The average Bonchev–Trinajstić information content (AvgIpc) is 3.00. The van der Waals surface area contributed by atoms with E-state index in [1.165, 1.54) is 16.4 Å². The van der Waals surface area contributed by atoms with Gasteiger partial charge in [0.15, 0.2) is 5.69 Å². The summed E-state index contributed by atoms with van der Waals surface area (Å²) in [6, 6.07) is 12.9. The molecule has 0 atom stereocenters. The normalized spacial score (nSPS) is 10.8. The van der Waals surface area contributed by atoms with Crippen LogP contribution in [-0.2, 0) is 5.75 Å². The third-order valence-corrected chi connectivity index (χ3v) is 5.08. The Morgan fingerprint density at radius 1 is 1.20 bits per heavy atom. The number of benzene rings is 2. The Hall–Kier alpha value is -2.02. The Labute approximate surface area is 158 Å². The number of carboxylic acid groups (broad SMARTS) is 1. The van der Waals surface area contributed by atoms with Crippen LogP contribution in [0, 0.1) is 6.92 Å². The summed E-state index contributed by atoms with van der Waals surface area (Å²) in [4.78, 5) is 12.5. The Kier molecular flexibility index (Phi) is 5.32. The van der Waals surface area contributed by atoms with E-state index in [4.69, 9.17) is 23.2 Å². The van der Waals surface area contributed by atoms with Gasteiger partial charge in [-0.3, -0.25) is 0 Å². The van der Waals surface area contributed by atoms with Gasteiger partial charge in [0.1, 0.15) is 0 Å². The van der Waals surface area contributed by atoms with Gasteiger partial charge in [-0.25, -0.2) is 9.48 Å². The molecule has 0 aliphatic rings. The van der Waals surface area contributed by atoms with Crippen LogP contribution in [-0.4, -0.2) is 26.1 Å². The lowest BCUT2D eigenvalue weighted by atomic mass is 10.2. The topological polar surface area (TPSA) is 68.0 Å². The van der Waals surface area contributed by atoms with Gasteiger partial charge >= 0.3 is 5.97 Å². The predicted molar refractivity (Wildman–Crippen MR) is 99.1 cm³/mol. The highest BCUT2D eigenvalue weighted by Crippen LogP contribution is 2.29. The van der Waals surface area contributed by atoms with Crippen molar-refractivity contribution in [2.24, 2.45) is 0 Å². The van der Waals surface area contributed by atoms with Crippen molar-refractivity contribution in [1.29, 1.82) is 0 Å². The summed E-state index contributed by atoms with van der Waals surface area (Å²) in [6.45, 7) is 2.01. The Morgan fingerprint density at radius 2 is 1.92 bits per heavy atom.